The summed E-state index contributed by atoms with van der Waals surface area (Å²) in [4.78, 5) is 21.9. The second kappa shape index (κ2) is 13.4. The summed E-state index contributed by atoms with van der Waals surface area (Å²) < 4.78 is 36.8. The van der Waals surface area contributed by atoms with Gasteiger partial charge < -0.3 is 24.3 Å². The minimum atomic E-state index is -0.673. The van der Waals surface area contributed by atoms with E-state index in [-0.39, 0.29) is 43.3 Å². The van der Waals surface area contributed by atoms with Crippen molar-refractivity contribution in [1.82, 2.24) is 9.97 Å². The maximum absolute atomic E-state index is 13.5. The number of anilines is 2. The number of nitrogens with zero attached hydrogens (tertiary/aromatic N) is 2. The average molecular weight is 572 g/mol. The molecule has 8 nitrogen and oxygen atoms in total. The summed E-state index contributed by atoms with van der Waals surface area (Å²) in [5.41, 5.74) is 1.88. The van der Waals surface area contributed by atoms with Crippen molar-refractivity contribution in [3.8, 4) is 11.6 Å². The van der Waals surface area contributed by atoms with Gasteiger partial charge in [-0.2, -0.15) is 0 Å². The molecule has 1 fully saturated rings. The predicted molar refractivity (Wildman–Crippen MR) is 151 cm³/mol. The molecule has 1 aromatic heterocycles. The van der Waals surface area contributed by atoms with E-state index in [2.05, 4.69) is 15.3 Å². The van der Waals surface area contributed by atoms with Gasteiger partial charge in [-0.25, -0.2) is 14.4 Å². The molecule has 1 N–H and O–H groups in total. The van der Waals surface area contributed by atoms with Gasteiger partial charge in [-0.15, -0.1) is 0 Å². The number of benzene rings is 2. The van der Waals surface area contributed by atoms with Crippen LogP contribution in [-0.4, -0.2) is 40.9 Å². The van der Waals surface area contributed by atoms with Crippen molar-refractivity contribution in [2.75, 3.05) is 18.5 Å². The molecule has 40 heavy (non-hydrogen) atoms. The molecule has 10 heteroatoms. The Morgan fingerprint density at radius 1 is 1.18 bits per heavy atom. The van der Waals surface area contributed by atoms with Gasteiger partial charge in [-0.3, -0.25) is 4.79 Å². The fourth-order valence-electron chi connectivity index (χ4n) is 4.49. The summed E-state index contributed by atoms with van der Waals surface area (Å²) >= 11 is 6.50. The summed E-state index contributed by atoms with van der Waals surface area (Å²) in [5, 5.41) is 3.62. The summed E-state index contributed by atoms with van der Waals surface area (Å²) in [5.74, 6) is 0.225. The summed E-state index contributed by atoms with van der Waals surface area (Å²) in [6, 6.07) is 11.4. The third kappa shape index (κ3) is 7.90. The van der Waals surface area contributed by atoms with Crippen LogP contribution in [0.3, 0.4) is 0 Å². The van der Waals surface area contributed by atoms with Crippen molar-refractivity contribution < 1.29 is 28.1 Å². The number of ketones is 1. The molecular weight excluding hydrogens is 537 g/mol. The Morgan fingerprint density at radius 3 is 2.65 bits per heavy atom. The zero-order valence-electron chi connectivity index (χ0n) is 23.2. The van der Waals surface area contributed by atoms with E-state index in [0.717, 1.165) is 12.8 Å². The standard InChI is InChI=1S/C30H35ClFN3O5/c1-5-20(6-2)26(36)14-24-28(33-18-34-29(24)38-16-23-17-39-30(3,4)40-23)35-22-10-11-27(25(31)13-22)37-15-19-8-7-9-21(32)12-19/h7-13,18,20,23H,5-6,14-17H2,1-4H3,(H,33,34,35)/t23-/m0/s1. The first-order chi connectivity index (χ1) is 19.2. The number of halogens is 2. The Balaban J connectivity index is 1.52. The molecule has 0 unspecified atom stereocenters. The smallest absolute Gasteiger partial charge is 0.222 e. The second-order valence-electron chi connectivity index (χ2n) is 10.1. The van der Waals surface area contributed by atoms with Crippen LogP contribution in [0.5, 0.6) is 11.6 Å². The molecule has 1 aliphatic rings. The first-order valence-electron chi connectivity index (χ1n) is 13.4. The van der Waals surface area contributed by atoms with E-state index in [1.807, 2.05) is 27.7 Å². The van der Waals surface area contributed by atoms with Crippen LogP contribution in [-0.2, 0) is 27.3 Å². The number of nitrogens with one attached hydrogen (secondary N) is 1. The fourth-order valence-corrected chi connectivity index (χ4v) is 4.72. The summed E-state index contributed by atoms with van der Waals surface area (Å²) in [6.45, 7) is 8.50. The van der Waals surface area contributed by atoms with Gasteiger partial charge in [0.15, 0.2) is 5.79 Å². The van der Waals surface area contributed by atoms with Crippen molar-refractivity contribution in [2.24, 2.45) is 5.92 Å². The van der Waals surface area contributed by atoms with Gasteiger partial charge in [-0.05, 0) is 62.6 Å². The lowest BCUT2D eigenvalue weighted by Gasteiger charge is -2.19. The largest absolute Gasteiger partial charge is 0.487 e. The highest BCUT2D eigenvalue weighted by molar-refractivity contribution is 6.32. The van der Waals surface area contributed by atoms with Gasteiger partial charge in [0.2, 0.25) is 5.88 Å². The molecule has 0 spiro atoms. The number of ether oxygens (including phenoxy) is 4. The lowest BCUT2D eigenvalue weighted by molar-refractivity contribution is -0.141. The number of carbonyl (C=O) groups is 1. The van der Waals surface area contributed by atoms with Gasteiger partial charge in [0.25, 0.3) is 0 Å². The highest BCUT2D eigenvalue weighted by Crippen LogP contribution is 2.33. The van der Waals surface area contributed by atoms with Crippen LogP contribution in [0.2, 0.25) is 5.02 Å². The van der Waals surface area contributed by atoms with E-state index in [9.17, 15) is 9.18 Å². The number of carbonyl (C=O) groups excluding carboxylic acids is 1. The zero-order chi connectivity index (χ0) is 28.7. The third-order valence-corrected chi connectivity index (χ3v) is 6.94. The van der Waals surface area contributed by atoms with Crippen molar-refractivity contribution in [3.63, 3.8) is 0 Å². The van der Waals surface area contributed by atoms with E-state index in [0.29, 0.717) is 45.9 Å². The molecule has 1 atom stereocenters. The van der Waals surface area contributed by atoms with Gasteiger partial charge in [-0.1, -0.05) is 37.6 Å². The molecule has 214 valence electrons. The Kier molecular flexibility index (Phi) is 9.95. The molecule has 3 aromatic rings. The molecule has 0 amide bonds. The van der Waals surface area contributed by atoms with Crippen LogP contribution < -0.4 is 14.8 Å². The second-order valence-corrected chi connectivity index (χ2v) is 10.5. The third-order valence-electron chi connectivity index (χ3n) is 6.65. The van der Waals surface area contributed by atoms with Crippen molar-refractivity contribution in [1.29, 1.82) is 0 Å². The van der Waals surface area contributed by atoms with E-state index in [1.165, 1.54) is 18.5 Å². The Hall–Kier alpha value is -3.27. The molecule has 2 heterocycles. The molecule has 1 saturated heterocycles. The molecular formula is C30H35ClFN3O5. The van der Waals surface area contributed by atoms with Crippen molar-refractivity contribution >= 4 is 28.9 Å². The Morgan fingerprint density at radius 2 is 1.98 bits per heavy atom. The van der Waals surface area contributed by atoms with Crippen LogP contribution in [0.15, 0.2) is 48.8 Å². The highest BCUT2D eigenvalue weighted by Gasteiger charge is 2.33. The maximum Gasteiger partial charge on any atom is 0.222 e. The monoisotopic (exact) mass is 571 g/mol. The molecule has 2 aromatic carbocycles. The lowest BCUT2D eigenvalue weighted by Crippen LogP contribution is -2.25. The maximum atomic E-state index is 13.5. The Bertz CT molecular complexity index is 1320. The number of Topliss-reactive ketones (excluding diaryl/α,β-unsaturated/α-hetero) is 1. The lowest BCUT2D eigenvalue weighted by atomic mass is 9.94. The highest BCUT2D eigenvalue weighted by atomic mass is 35.5. The Labute approximate surface area is 239 Å². The van der Waals surface area contributed by atoms with Gasteiger partial charge in [0.05, 0.1) is 17.2 Å². The zero-order valence-corrected chi connectivity index (χ0v) is 24.0. The van der Waals surface area contributed by atoms with E-state index >= 15 is 0 Å². The molecule has 0 radical (unpaired) electrons. The minimum absolute atomic E-state index is 0.0720. The van der Waals surface area contributed by atoms with Crippen LogP contribution >= 0.6 is 11.6 Å². The van der Waals surface area contributed by atoms with E-state index in [1.54, 1.807) is 30.3 Å². The van der Waals surface area contributed by atoms with Gasteiger partial charge in [0.1, 0.15) is 48.8 Å². The fraction of sp³-hybridized carbons (Fsp3) is 0.433. The molecule has 1 aliphatic heterocycles. The molecule has 4 rings (SSSR count). The topological polar surface area (TPSA) is 91.8 Å². The van der Waals surface area contributed by atoms with E-state index in [4.69, 9.17) is 30.5 Å². The van der Waals surface area contributed by atoms with Crippen LogP contribution in [0.1, 0.15) is 51.7 Å². The van der Waals surface area contributed by atoms with Gasteiger partial charge in [0, 0.05) is 18.0 Å². The first kappa shape index (κ1) is 29.7. The molecule has 0 aliphatic carbocycles. The van der Waals surface area contributed by atoms with Crippen LogP contribution in [0.25, 0.3) is 0 Å². The first-order valence-corrected chi connectivity index (χ1v) is 13.8. The number of rotatable bonds is 13. The minimum Gasteiger partial charge on any atom is -0.487 e. The normalized spacial score (nSPS) is 16.2. The number of hydrogen-bond acceptors (Lipinski definition) is 8. The molecule has 0 saturated carbocycles. The summed E-state index contributed by atoms with van der Waals surface area (Å²) in [7, 11) is 0. The molecule has 0 bridgehead atoms. The van der Waals surface area contributed by atoms with Crippen molar-refractivity contribution in [3.05, 3.63) is 70.8 Å². The quantitative estimate of drug-likeness (QED) is 0.243. The van der Waals surface area contributed by atoms with Gasteiger partial charge >= 0.3 is 0 Å². The average Bonchev–Trinajstić information content (AvgIpc) is 3.27. The van der Waals surface area contributed by atoms with Crippen molar-refractivity contribution in [2.45, 2.75) is 65.5 Å². The SMILES string of the molecule is CCC(CC)C(=O)Cc1c(Nc2ccc(OCc3cccc(F)c3)c(Cl)c2)ncnc1OC[C@H]1COC(C)(C)O1. The number of hydrogen-bond donors (Lipinski definition) is 1. The predicted octanol–water partition coefficient (Wildman–Crippen LogP) is 6.67. The van der Waals surface area contributed by atoms with Crippen LogP contribution in [0, 0.1) is 11.7 Å². The summed E-state index contributed by atoms with van der Waals surface area (Å²) in [6.07, 6.45) is 2.73. The van der Waals surface area contributed by atoms with E-state index < -0.39 is 5.79 Å². The van der Waals surface area contributed by atoms with Crippen LogP contribution in [0.4, 0.5) is 15.9 Å². The number of aromatic nitrogens is 2.